The highest BCUT2D eigenvalue weighted by atomic mass is 16.5. The Bertz CT molecular complexity index is 624. The Balaban J connectivity index is 2.15. The Hall–Kier alpha value is -2.33. The van der Waals surface area contributed by atoms with Crippen LogP contribution in [-0.2, 0) is 13.2 Å². The Morgan fingerprint density at radius 1 is 1.20 bits per heavy atom. The molecule has 104 valence electrons. The molecule has 4 heteroatoms. The van der Waals surface area contributed by atoms with E-state index in [1.165, 1.54) is 0 Å². The first kappa shape index (κ1) is 14.1. The van der Waals surface area contributed by atoms with Crippen molar-refractivity contribution < 1.29 is 9.53 Å². The number of hydrogen-bond acceptors (Lipinski definition) is 3. The summed E-state index contributed by atoms with van der Waals surface area (Å²) in [5.74, 6) is 0.0121. The molecule has 2 aromatic carbocycles. The third-order valence-corrected chi connectivity index (χ3v) is 3.18. The van der Waals surface area contributed by atoms with Crippen LogP contribution in [0.1, 0.15) is 27.0 Å². The van der Waals surface area contributed by atoms with Crippen LogP contribution in [0.3, 0.4) is 0 Å². The van der Waals surface area contributed by atoms with E-state index >= 15 is 0 Å². The lowest BCUT2D eigenvalue weighted by atomic mass is 10.1. The summed E-state index contributed by atoms with van der Waals surface area (Å²) in [4.78, 5) is 11.3. The van der Waals surface area contributed by atoms with E-state index in [1.54, 1.807) is 18.2 Å². The zero-order valence-corrected chi connectivity index (χ0v) is 11.4. The topological polar surface area (TPSA) is 78.3 Å². The van der Waals surface area contributed by atoms with Gasteiger partial charge in [-0.15, -0.1) is 0 Å². The molecule has 0 aromatic heterocycles. The van der Waals surface area contributed by atoms with Gasteiger partial charge in [-0.2, -0.15) is 0 Å². The lowest BCUT2D eigenvalue weighted by Crippen LogP contribution is -2.13. The monoisotopic (exact) mass is 270 g/mol. The average Bonchev–Trinajstić information content (AvgIpc) is 2.46. The van der Waals surface area contributed by atoms with E-state index in [-0.39, 0.29) is 0 Å². The lowest BCUT2D eigenvalue weighted by Gasteiger charge is -2.12. The zero-order chi connectivity index (χ0) is 14.5. The van der Waals surface area contributed by atoms with Crippen LogP contribution in [0.5, 0.6) is 5.75 Å². The molecule has 0 atom stereocenters. The molecule has 0 spiro atoms. The summed E-state index contributed by atoms with van der Waals surface area (Å²) >= 11 is 0. The van der Waals surface area contributed by atoms with E-state index in [0.29, 0.717) is 24.5 Å². The van der Waals surface area contributed by atoms with Gasteiger partial charge in [0.25, 0.3) is 5.91 Å². The first-order valence-electron chi connectivity index (χ1n) is 6.42. The highest BCUT2D eigenvalue weighted by Crippen LogP contribution is 2.20. The molecule has 0 fully saturated rings. The van der Waals surface area contributed by atoms with Gasteiger partial charge in [0.2, 0.25) is 0 Å². The fraction of sp³-hybridized carbons (Fsp3) is 0.188. The van der Waals surface area contributed by atoms with E-state index in [1.807, 2.05) is 31.2 Å². The van der Waals surface area contributed by atoms with E-state index in [9.17, 15) is 4.79 Å². The molecule has 4 nitrogen and oxygen atoms in total. The van der Waals surface area contributed by atoms with Gasteiger partial charge >= 0.3 is 0 Å². The Labute approximate surface area is 118 Å². The van der Waals surface area contributed by atoms with Crippen molar-refractivity contribution in [1.29, 1.82) is 0 Å². The van der Waals surface area contributed by atoms with Gasteiger partial charge < -0.3 is 16.2 Å². The second kappa shape index (κ2) is 6.21. The van der Waals surface area contributed by atoms with E-state index in [0.717, 1.165) is 16.7 Å². The molecule has 0 heterocycles. The average molecular weight is 270 g/mol. The van der Waals surface area contributed by atoms with Crippen LogP contribution in [0.4, 0.5) is 0 Å². The van der Waals surface area contributed by atoms with E-state index < -0.39 is 5.91 Å². The Morgan fingerprint density at radius 3 is 2.60 bits per heavy atom. The van der Waals surface area contributed by atoms with Gasteiger partial charge in [0.05, 0.1) is 5.56 Å². The van der Waals surface area contributed by atoms with Crippen molar-refractivity contribution in [1.82, 2.24) is 0 Å². The number of aryl methyl sites for hydroxylation is 1. The molecule has 0 radical (unpaired) electrons. The minimum atomic E-state index is -0.490. The second-order valence-corrected chi connectivity index (χ2v) is 4.61. The lowest BCUT2D eigenvalue weighted by molar-refractivity contribution is 0.0996. The molecule has 2 aromatic rings. The minimum Gasteiger partial charge on any atom is -0.488 e. The van der Waals surface area contributed by atoms with Crippen molar-refractivity contribution in [2.75, 3.05) is 0 Å². The number of hydrogen-bond donors (Lipinski definition) is 2. The van der Waals surface area contributed by atoms with E-state index in [4.69, 9.17) is 16.2 Å². The van der Waals surface area contributed by atoms with Gasteiger partial charge in [-0.05, 0) is 35.7 Å². The molecule has 0 aliphatic heterocycles. The largest absolute Gasteiger partial charge is 0.488 e. The molecule has 1 amide bonds. The molecule has 20 heavy (non-hydrogen) atoms. The molecular formula is C16H18N2O2. The quantitative estimate of drug-likeness (QED) is 0.873. The van der Waals surface area contributed by atoms with Crippen LogP contribution in [0.2, 0.25) is 0 Å². The predicted molar refractivity (Wildman–Crippen MR) is 78.4 cm³/mol. The van der Waals surface area contributed by atoms with Gasteiger partial charge in [-0.25, -0.2) is 0 Å². The van der Waals surface area contributed by atoms with Crippen molar-refractivity contribution in [2.24, 2.45) is 11.5 Å². The molecule has 4 N–H and O–H groups in total. The molecular weight excluding hydrogens is 252 g/mol. The smallest absolute Gasteiger partial charge is 0.252 e. The van der Waals surface area contributed by atoms with Crippen molar-refractivity contribution in [3.8, 4) is 5.75 Å². The number of carbonyl (C=O) groups excluding carboxylic acids is 1. The number of benzene rings is 2. The zero-order valence-electron chi connectivity index (χ0n) is 11.4. The van der Waals surface area contributed by atoms with Crippen LogP contribution in [0, 0.1) is 6.92 Å². The van der Waals surface area contributed by atoms with Gasteiger partial charge in [-0.3, -0.25) is 4.79 Å². The Kier molecular flexibility index (Phi) is 4.38. The van der Waals surface area contributed by atoms with Crippen molar-refractivity contribution in [3.05, 3.63) is 64.7 Å². The van der Waals surface area contributed by atoms with Crippen LogP contribution in [0.25, 0.3) is 0 Å². The maximum atomic E-state index is 11.3. The normalized spacial score (nSPS) is 10.3. The molecule has 0 saturated carbocycles. The van der Waals surface area contributed by atoms with Crippen LogP contribution >= 0.6 is 0 Å². The third-order valence-electron chi connectivity index (χ3n) is 3.18. The standard InChI is InChI=1S/C16H18N2O2/c1-11-8-12(9-17)6-7-13(11)10-20-15-5-3-2-4-14(15)16(18)19/h2-8H,9-10,17H2,1H3,(H2,18,19). The van der Waals surface area contributed by atoms with Crippen LogP contribution in [-0.4, -0.2) is 5.91 Å². The summed E-state index contributed by atoms with van der Waals surface area (Å²) in [6.07, 6.45) is 0. The summed E-state index contributed by atoms with van der Waals surface area (Å²) in [6.45, 7) is 2.92. The van der Waals surface area contributed by atoms with Gasteiger partial charge in [0.1, 0.15) is 12.4 Å². The predicted octanol–water partition coefficient (Wildman–Crippen LogP) is 2.13. The number of carbonyl (C=O) groups is 1. The number of para-hydroxylation sites is 1. The van der Waals surface area contributed by atoms with Gasteiger partial charge in [0, 0.05) is 6.54 Å². The summed E-state index contributed by atoms with van der Waals surface area (Å²) in [5.41, 5.74) is 14.6. The number of primary amides is 1. The summed E-state index contributed by atoms with van der Waals surface area (Å²) in [7, 11) is 0. The fourth-order valence-electron chi connectivity index (χ4n) is 2.00. The highest BCUT2D eigenvalue weighted by molar-refractivity contribution is 5.95. The molecule has 0 aliphatic carbocycles. The van der Waals surface area contributed by atoms with Crippen molar-refractivity contribution >= 4 is 5.91 Å². The summed E-state index contributed by atoms with van der Waals surface area (Å²) < 4.78 is 5.71. The highest BCUT2D eigenvalue weighted by Gasteiger charge is 2.09. The SMILES string of the molecule is Cc1cc(CN)ccc1COc1ccccc1C(N)=O. The van der Waals surface area contributed by atoms with Gasteiger partial charge in [-0.1, -0.05) is 30.3 Å². The Morgan fingerprint density at radius 2 is 1.95 bits per heavy atom. The maximum absolute atomic E-state index is 11.3. The number of ether oxygens (including phenoxy) is 1. The maximum Gasteiger partial charge on any atom is 0.252 e. The molecule has 0 aliphatic rings. The number of nitrogens with two attached hydrogens (primary N) is 2. The molecule has 0 unspecified atom stereocenters. The number of rotatable bonds is 5. The minimum absolute atomic E-state index is 0.390. The first-order chi connectivity index (χ1) is 9.61. The summed E-state index contributed by atoms with van der Waals surface area (Å²) in [5, 5.41) is 0. The van der Waals surface area contributed by atoms with Crippen LogP contribution in [0.15, 0.2) is 42.5 Å². The fourth-order valence-corrected chi connectivity index (χ4v) is 2.00. The molecule has 0 saturated heterocycles. The summed E-state index contributed by atoms with van der Waals surface area (Å²) in [6, 6.07) is 13.0. The van der Waals surface area contributed by atoms with Crippen molar-refractivity contribution in [2.45, 2.75) is 20.1 Å². The van der Waals surface area contributed by atoms with E-state index in [2.05, 4.69) is 0 Å². The van der Waals surface area contributed by atoms with Gasteiger partial charge in [0.15, 0.2) is 0 Å². The third kappa shape index (κ3) is 3.16. The van der Waals surface area contributed by atoms with Crippen molar-refractivity contribution in [3.63, 3.8) is 0 Å². The molecule has 0 bridgehead atoms. The number of amides is 1. The van der Waals surface area contributed by atoms with Crippen LogP contribution < -0.4 is 16.2 Å². The molecule has 2 rings (SSSR count). The second-order valence-electron chi connectivity index (χ2n) is 4.61. The first-order valence-corrected chi connectivity index (χ1v) is 6.42.